The maximum absolute atomic E-state index is 6.02. The third-order valence-corrected chi connectivity index (χ3v) is 4.82. The summed E-state index contributed by atoms with van der Waals surface area (Å²) in [5.74, 6) is 0.642. The number of nitrogens with two attached hydrogens (primary N) is 1. The van der Waals surface area contributed by atoms with Gasteiger partial charge in [0.1, 0.15) is 0 Å². The SMILES string of the molecule is CCC(CC)N(CC(C)C)c1nc(C)c(C(C)N)s1. The summed E-state index contributed by atoms with van der Waals surface area (Å²) in [4.78, 5) is 8.46. The second-order valence-electron chi connectivity index (χ2n) is 5.75. The van der Waals surface area contributed by atoms with Gasteiger partial charge in [0.2, 0.25) is 0 Å². The molecule has 0 aromatic carbocycles. The van der Waals surface area contributed by atoms with Crippen LogP contribution in [0, 0.1) is 12.8 Å². The van der Waals surface area contributed by atoms with Crippen molar-refractivity contribution in [2.75, 3.05) is 11.4 Å². The molecule has 1 unspecified atom stereocenters. The van der Waals surface area contributed by atoms with Crippen LogP contribution in [0.4, 0.5) is 5.13 Å². The van der Waals surface area contributed by atoms with E-state index in [1.807, 2.05) is 6.92 Å². The van der Waals surface area contributed by atoms with E-state index < -0.39 is 0 Å². The summed E-state index contributed by atoms with van der Waals surface area (Å²) >= 11 is 1.77. The fourth-order valence-electron chi connectivity index (χ4n) is 2.45. The Morgan fingerprint density at radius 3 is 2.16 bits per heavy atom. The minimum absolute atomic E-state index is 0.0776. The highest BCUT2D eigenvalue weighted by Gasteiger charge is 2.22. The Bertz CT molecular complexity index is 381. The lowest BCUT2D eigenvalue weighted by Crippen LogP contribution is -2.37. The molecule has 0 aliphatic carbocycles. The van der Waals surface area contributed by atoms with Crippen molar-refractivity contribution in [3.63, 3.8) is 0 Å². The van der Waals surface area contributed by atoms with Crippen molar-refractivity contribution < 1.29 is 0 Å². The molecule has 0 saturated carbocycles. The average Bonchev–Trinajstić information content (AvgIpc) is 2.71. The van der Waals surface area contributed by atoms with E-state index in [0.717, 1.165) is 30.2 Å². The van der Waals surface area contributed by atoms with Crippen molar-refractivity contribution in [3.05, 3.63) is 10.6 Å². The summed E-state index contributed by atoms with van der Waals surface area (Å²) in [5, 5.41) is 1.15. The van der Waals surface area contributed by atoms with Crippen LogP contribution in [-0.4, -0.2) is 17.6 Å². The fourth-order valence-corrected chi connectivity index (χ4v) is 3.54. The summed E-state index contributed by atoms with van der Waals surface area (Å²) in [5.41, 5.74) is 7.11. The van der Waals surface area contributed by atoms with Gasteiger partial charge in [-0.3, -0.25) is 0 Å². The van der Waals surface area contributed by atoms with Crippen LogP contribution in [0.25, 0.3) is 0 Å². The molecule has 1 aromatic rings. The van der Waals surface area contributed by atoms with Crippen LogP contribution in [0.3, 0.4) is 0 Å². The molecule has 0 bridgehead atoms. The van der Waals surface area contributed by atoms with Crippen LogP contribution in [-0.2, 0) is 0 Å². The number of anilines is 1. The number of hydrogen-bond acceptors (Lipinski definition) is 4. The summed E-state index contributed by atoms with van der Waals surface area (Å²) < 4.78 is 0. The average molecular weight is 283 g/mol. The molecular formula is C15H29N3S. The van der Waals surface area contributed by atoms with Crippen LogP contribution in [0.1, 0.15) is 64.1 Å². The van der Waals surface area contributed by atoms with E-state index in [2.05, 4.69) is 39.5 Å². The molecule has 1 heterocycles. The monoisotopic (exact) mass is 283 g/mol. The Morgan fingerprint density at radius 2 is 1.79 bits per heavy atom. The topological polar surface area (TPSA) is 42.2 Å². The maximum atomic E-state index is 6.02. The number of nitrogens with zero attached hydrogens (tertiary/aromatic N) is 2. The van der Waals surface area contributed by atoms with Gasteiger partial charge in [-0.25, -0.2) is 4.98 Å². The molecule has 0 spiro atoms. The van der Waals surface area contributed by atoms with E-state index in [9.17, 15) is 0 Å². The Kier molecular flexibility index (Phi) is 6.27. The normalized spacial score (nSPS) is 13.3. The van der Waals surface area contributed by atoms with E-state index in [1.165, 1.54) is 4.88 Å². The van der Waals surface area contributed by atoms with Crippen molar-refractivity contribution in [2.45, 2.75) is 66.5 Å². The Labute approximate surface area is 122 Å². The fraction of sp³-hybridized carbons (Fsp3) is 0.800. The molecule has 0 fully saturated rings. The van der Waals surface area contributed by atoms with Crippen LogP contribution >= 0.6 is 11.3 Å². The van der Waals surface area contributed by atoms with Crippen molar-refractivity contribution in [1.82, 2.24) is 4.98 Å². The second kappa shape index (κ2) is 7.25. The van der Waals surface area contributed by atoms with E-state index in [4.69, 9.17) is 10.7 Å². The summed E-state index contributed by atoms with van der Waals surface area (Å²) in [7, 11) is 0. The lowest BCUT2D eigenvalue weighted by atomic mass is 10.1. The van der Waals surface area contributed by atoms with Crippen molar-refractivity contribution in [2.24, 2.45) is 11.7 Å². The number of thiazole rings is 1. The summed E-state index contributed by atoms with van der Waals surface area (Å²) in [6.07, 6.45) is 2.32. The second-order valence-corrected chi connectivity index (χ2v) is 6.76. The van der Waals surface area contributed by atoms with Crippen molar-refractivity contribution in [3.8, 4) is 0 Å². The van der Waals surface area contributed by atoms with Gasteiger partial charge in [-0.2, -0.15) is 0 Å². The molecule has 0 radical (unpaired) electrons. The zero-order chi connectivity index (χ0) is 14.6. The van der Waals surface area contributed by atoms with Crippen LogP contribution in [0.15, 0.2) is 0 Å². The third kappa shape index (κ3) is 4.18. The quantitative estimate of drug-likeness (QED) is 0.818. The molecule has 19 heavy (non-hydrogen) atoms. The zero-order valence-corrected chi connectivity index (χ0v) is 14.0. The van der Waals surface area contributed by atoms with Gasteiger partial charge < -0.3 is 10.6 Å². The predicted molar refractivity (Wildman–Crippen MR) is 86.0 cm³/mol. The van der Waals surface area contributed by atoms with E-state index >= 15 is 0 Å². The minimum Gasteiger partial charge on any atom is -0.345 e. The first kappa shape index (κ1) is 16.4. The summed E-state index contributed by atoms with van der Waals surface area (Å²) in [6, 6.07) is 0.655. The molecule has 0 aliphatic rings. The Hall–Kier alpha value is -0.610. The highest BCUT2D eigenvalue weighted by atomic mass is 32.1. The smallest absolute Gasteiger partial charge is 0.186 e. The van der Waals surface area contributed by atoms with Crippen LogP contribution < -0.4 is 10.6 Å². The Balaban J connectivity index is 3.06. The third-order valence-electron chi connectivity index (χ3n) is 3.43. The molecule has 1 atom stereocenters. The molecule has 2 N–H and O–H groups in total. The van der Waals surface area contributed by atoms with Gasteiger partial charge >= 0.3 is 0 Å². The van der Waals surface area contributed by atoms with Crippen molar-refractivity contribution in [1.29, 1.82) is 0 Å². The van der Waals surface area contributed by atoms with Gasteiger partial charge in [-0.05, 0) is 32.6 Å². The van der Waals surface area contributed by atoms with E-state index in [1.54, 1.807) is 11.3 Å². The molecule has 110 valence electrons. The highest BCUT2D eigenvalue weighted by Crippen LogP contribution is 2.32. The Morgan fingerprint density at radius 1 is 1.21 bits per heavy atom. The summed E-state index contributed by atoms with van der Waals surface area (Å²) in [6.45, 7) is 14.2. The lowest BCUT2D eigenvalue weighted by Gasteiger charge is -2.31. The van der Waals surface area contributed by atoms with Crippen LogP contribution in [0.2, 0.25) is 0 Å². The zero-order valence-electron chi connectivity index (χ0n) is 13.2. The molecule has 1 aromatic heterocycles. The van der Waals surface area contributed by atoms with E-state index in [0.29, 0.717) is 12.0 Å². The van der Waals surface area contributed by atoms with Gasteiger partial charge in [0.05, 0.1) is 5.69 Å². The largest absolute Gasteiger partial charge is 0.345 e. The van der Waals surface area contributed by atoms with Gasteiger partial charge in [0.25, 0.3) is 0 Å². The van der Waals surface area contributed by atoms with Crippen LogP contribution in [0.5, 0.6) is 0 Å². The van der Waals surface area contributed by atoms with Gasteiger partial charge in [-0.15, -0.1) is 11.3 Å². The molecule has 3 nitrogen and oxygen atoms in total. The minimum atomic E-state index is 0.0776. The number of aromatic nitrogens is 1. The maximum Gasteiger partial charge on any atom is 0.186 e. The first-order valence-corrected chi connectivity index (χ1v) is 8.21. The first-order chi connectivity index (χ1) is 8.90. The number of rotatable bonds is 7. The van der Waals surface area contributed by atoms with Gasteiger partial charge in [0.15, 0.2) is 5.13 Å². The first-order valence-electron chi connectivity index (χ1n) is 7.40. The standard InChI is InChI=1S/C15H29N3S/c1-7-13(8-2)18(9-10(3)4)15-17-12(6)14(19-15)11(5)16/h10-11,13H,7-9,16H2,1-6H3. The molecule has 0 saturated heterocycles. The predicted octanol–water partition coefficient (Wildman–Crippen LogP) is 4.12. The van der Waals surface area contributed by atoms with Gasteiger partial charge in [-0.1, -0.05) is 27.7 Å². The molecule has 0 aliphatic heterocycles. The highest BCUT2D eigenvalue weighted by molar-refractivity contribution is 7.15. The number of aryl methyl sites for hydroxylation is 1. The molecule has 0 amide bonds. The molecule has 1 rings (SSSR count). The molecule has 4 heteroatoms. The van der Waals surface area contributed by atoms with Crippen molar-refractivity contribution >= 4 is 16.5 Å². The van der Waals surface area contributed by atoms with Gasteiger partial charge in [0, 0.05) is 23.5 Å². The molecular weight excluding hydrogens is 254 g/mol. The lowest BCUT2D eigenvalue weighted by molar-refractivity contribution is 0.506. The number of hydrogen-bond donors (Lipinski definition) is 1. The van der Waals surface area contributed by atoms with E-state index in [-0.39, 0.29) is 6.04 Å².